The Hall–Kier alpha value is -2.82. The second-order valence-corrected chi connectivity index (χ2v) is 7.37. The summed E-state index contributed by atoms with van der Waals surface area (Å²) in [6, 6.07) is 15.5. The monoisotopic (exact) mass is 382 g/mol. The summed E-state index contributed by atoms with van der Waals surface area (Å²) in [4.78, 5) is 27.5. The first-order valence-electron chi connectivity index (χ1n) is 9.59. The number of methoxy groups -OCH3 is 1. The van der Waals surface area contributed by atoms with Crippen molar-refractivity contribution in [2.45, 2.75) is 34.1 Å². The summed E-state index contributed by atoms with van der Waals surface area (Å²) in [6.07, 6.45) is 0.669. The zero-order valence-corrected chi connectivity index (χ0v) is 17.4. The van der Waals surface area contributed by atoms with Crippen LogP contribution >= 0.6 is 0 Å². The average Bonchev–Trinajstić information content (AvgIpc) is 2.68. The number of anilines is 1. The normalized spacial score (nSPS) is 11.0. The van der Waals surface area contributed by atoms with Gasteiger partial charge in [-0.1, -0.05) is 24.3 Å². The maximum Gasteiger partial charge on any atom is 0.242 e. The van der Waals surface area contributed by atoms with Crippen molar-refractivity contribution in [3.05, 3.63) is 59.7 Å². The van der Waals surface area contributed by atoms with E-state index in [1.807, 2.05) is 62.4 Å². The molecule has 0 saturated carbocycles. The van der Waals surface area contributed by atoms with E-state index in [4.69, 9.17) is 4.74 Å². The van der Waals surface area contributed by atoms with Crippen molar-refractivity contribution in [2.75, 3.05) is 25.1 Å². The number of rotatable bonds is 8. The van der Waals surface area contributed by atoms with E-state index in [0.29, 0.717) is 19.5 Å². The van der Waals surface area contributed by atoms with Gasteiger partial charge >= 0.3 is 0 Å². The first-order chi connectivity index (χ1) is 13.3. The van der Waals surface area contributed by atoms with Gasteiger partial charge in [-0.3, -0.25) is 9.59 Å². The van der Waals surface area contributed by atoms with E-state index in [9.17, 15) is 9.59 Å². The number of aryl methyl sites for hydroxylation is 1. The van der Waals surface area contributed by atoms with Crippen molar-refractivity contribution >= 4 is 17.5 Å². The zero-order chi connectivity index (χ0) is 20.7. The summed E-state index contributed by atoms with van der Waals surface area (Å²) >= 11 is 0. The fraction of sp³-hybridized carbons (Fsp3) is 0.391. The first-order valence-corrected chi connectivity index (χ1v) is 9.59. The maximum atomic E-state index is 13.1. The molecule has 1 N–H and O–H groups in total. The number of hydrogen-bond donors (Lipinski definition) is 1. The van der Waals surface area contributed by atoms with Gasteiger partial charge < -0.3 is 15.0 Å². The van der Waals surface area contributed by atoms with Crippen LogP contribution in [0.25, 0.3) is 0 Å². The molecule has 2 amide bonds. The van der Waals surface area contributed by atoms with Crippen LogP contribution < -0.4 is 15.0 Å². The highest BCUT2D eigenvalue weighted by molar-refractivity contribution is 6.11. The minimum atomic E-state index is -1.16. The van der Waals surface area contributed by atoms with Crippen molar-refractivity contribution in [1.29, 1.82) is 0 Å². The van der Waals surface area contributed by atoms with Crippen LogP contribution in [0.2, 0.25) is 0 Å². The lowest BCUT2D eigenvalue weighted by molar-refractivity contribution is -0.139. The van der Waals surface area contributed by atoms with E-state index in [0.717, 1.165) is 22.6 Å². The number of benzene rings is 2. The van der Waals surface area contributed by atoms with Gasteiger partial charge in [-0.05, 0) is 69.5 Å². The molecule has 0 aliphatic heterocycles. The first kappa shape index (κ1) is 21.5. The van der Waals surface area contributed by atoms with Gasteiger partial charge in [0.2, 0.25) is 11.8 Å². The third-order valence-corrected chi connectivity index (χ3v) is 4.81. The fourth-order valence-electron chi connectivity index (χ4n) is 3.04. The molecule has 0 radical (unpaired) electrons. The van der Waals surface area contributed by atoms with Gasteiger partial charge in [-0.2, -0.15) is 0 Å². The molecular weight excluding hydrogens is 352 g/mol. The van der Waals surface area contributed by atoms with Crippen LogP contribution in [-0.2, 0) is 16.0 Å². The third-order valence-electron chi connectivity index (χ3n) is 4.81. The Morgan fingerprint density at radius 2 is 1.82 bits per heavy atom. The molecule has 0 bridgehead atoms. The molecule has 0 aromatic heterocycles. The second-order valence-electron chi connectivity index (χ2n) is 7.37. The molecule has 0 spiro atoms. The van der Waals surface area contributed by atoms with Crippen LogP contribution in [0.5, 0.6) is 5.75 Å². The minimum absolute atomic E-state index is 0.209. The summed E-state index contributed by atoms with van der Waals surface area (Å²) in [5.74, 6) is 0.307. The lowest BCUT2D eigenvalue weighted by Gasteiger charge is -2.30. The molecular formula is C23H30N2O3. The van der Waals surface area contributed by atoms with Gasteiger partial charge in [-0.15, -0.1) is 0 Å². The van der Waals surface area contributed by atoms with E-state index >= 15 is 0 Å². The largest absolute Gasteiger partial charge is 0.497 e. The quantitative estimate of drug-likeness (QED) is 0.708. The van der Waals surface area contributed by atoms with Crippen LogP contribution in [0.3, 0.4) is 0 Å². The Morgan fingerprint density at radius 1 is 1.11 bits per heavy atom. The molecule has 0 heterocycles. The molecule has 2 aromatic rings. The van der Waals surface area contributed by atoms with Crippen molar-refractivity contribution in [3.63, 3.8) is 0 Å². The zero-order valence-electron chi connectivity index (χ0n) is 17.4. The van der Waals surface area contributed by atoms with Crippen LogP contribution in [0.1, 0.15) is 31.9 Å². The Morgan fingerprint density at radius 3 is 2.46 bits per heavy atom. The Balaban J connectivity index is 2.02. The molecule has 5 nitrogen and oxygen atoms in total. The van der Waals surface area contributed by atoms with Crippen molar-refractivity contribution < 1.29 is 14.3 Å². The summed E-state index contributed by atoms with van der Waals surface area (Å²) in [5, 5.41) is 2.90. The lowest BCUT2D eigenvalue weighted by Crippen LogP contribution is -2.50. The van der Waals surface area contributed by atoms with Crippen LogP contribution in [0, 0.1) is 12.3 Å². The van der Waals surface area contributed by atoms with E-state index in [2.05, 4.69) is 5.32 Å². The standard InChI is InChI=1S/C23H30N2O3/c1-6-25(19-11-7-9-17(2)15-19)22(27)23(3,4)21(26)24-14-13-18-10-8-12-20(16-18)28-5/h7-12,15-16H,6,13-14H2,1-5H3,(H,24,26). The third kappa shape index (κ3) is 5.12. The van der Waals surface area contributed by atoms with Crippen LogP contribution in [0.15, 0.2) is 48.5 Å². The van der Waals surface area contributed by atoms with Gasteiger partial charge in [0, 0.05) is 18.8 Å². The number of hydrogen-bond acceptors (Lipinski definition) is 3. The summed E-state index contributed by atoms with van der Waals surface area (Å²) in [7, 11) is 1.63. The predicted octanol–water partition coefficient (Wildman–Crippen LogP) is 3.74. The molecule has 2 aromatic carbocycles. The number of nitrogens with zero attached hydrogens (tertiary/aromatic N) is 1. The lowest BCUT2D eigenvalue weighted by atomic mass is 9.89. The topological polar surface area (TPSA) is 58.6 Å². The molecule has 0 saturated heterocycles. The summed E-state index contributed by atoms with van der Waals surface area (Å²) < 4.78 is 5.22. The fourth-order valence-corrected chi connectivity index (χ4v) is 3.04. The second kappa shape index (κ2) is 9.40. The van der Waals surface area contributed by atoms with Gasteiger partial charge in [0.25, 0.3) is 0 Å². The highest BCUT2D eigenvalue weighted by Crippen LogP contribution is 2.25. The summed E-state index contributed by atoms with van der Waals surface area (Å²) in [5.41, 5.74) is 1.79. The number of carbonyl (C=O) groups is 2. The van der Waals surface area contributed by atoms with E-state index < -0.39 is 5.41 Å². The number of nitrogens with one attached hydrogen (secondary N) is 1. The van der Waals surface area contributed by atoms with Crippen molar-refractivity contribution in [1.82, 2.24) is 5.32 Å². The molecule has 0 aliphatic carbocycles. The summed E-state index contributed by atoms with van der Waals surface area (Å²) in [6.45, 7) is 8.21. The highest BCUT2D eigenvalue weighted by atomic mass is 16.5. The number of carbonyl (C=O) groups excluding carboxylic acids is 2. The molecule has 150 valence electrons. The SMILES string of the molecule is CCN(C(=O)C(C)(C)C(=O)NCCc1cccc(OC)c1)c1cccc(C)c1. The smallest absolute Gasteiger partial charge is 0.242 e. The van der Waals surface area contributed by atoms with Gasteiger partial charge in [0.05, 0.1) is 7.11 Å². The molecule has 0 fully saturated rings. The molecule has 2 rings (SSSR count). The van der Waals surface area contributed by atoms with E-state index in [1.165, 1.54) is 0 Å². The van der Waals surface area contributed by atoms with Crippen molar-refractivity contribution in [3.8, 4) is 5.75 Å². The maximum absolute atomic E-state index is 13.1. The highest BCUT2D eigenvalue weighted by Gasteiger charge is 2.39. The minimum Gasteiger partial charge on any atom is -0.497 e. The number of amides is 2. The van der Waals surface area contributed by atoms with Crippen LogP contribution in [-0.4, -0.2) is 32.0 Å². The average molecular weight is 383 g/mol. The van der Waals surface area contributed by atoms with Gasteiger partial charge in [0.15, 0.2) is 0 Å². The van der Waals surface area contributed by atoms with Crippen molar-refractivity contribution in [2.24, 2.45) is 5.41 Å². The van der Waals surface area contributed by atoms with E-state index in [-0.39, 0.29) is 11.8 Å². The van der Waals surface area contributed by atoms with Gasteiger partial charge in [0.1, 0.15) is 11.2 Å². The van der Waals surface area contributed by atoms with E-state index in [1.54, 1.807) is 25.9 Å². The molecule has 5 heteroatoms. The predicted molar refractivity (Wildman–Crippen MR) is 113 cm³/mol. The Labute approximate surface area is 167 Å². The molecule has 0 aliphatic rings. The molecule has 28 heavy (non-hydrogen) atoms. The van der Waals surface area contributed by atoms with Crippen LogP contribution in [0.4, 0.5) is 5.69 Å². The van der Waals surface area contributed by atoms with Gasteiger partial charge in [-0.25, -0.2) is 0 Å². The Bertz CT molecular complexity index is 830. The molecule has 0 atom stereocenters. The number of ether oxygens (including phenoxy) is 1. The Kier molecular flexibility index (Phi) is 7.21. The molecule has 0 unspecified atom stereocenters.